The summed E-state index contributed by atoms with van der Waals surface area (Å²) in [6, 6.07) is 71.5. The van der Waals surface area contributed by atoms with Crippen LogP contribution >= 0.6 is 45.3 Å². The normalized spacial score (nSPS) is 11.1. The molecule has 0 aliphatic carbocycles. The van der Waals surface area contributed by atoms with Gasteiger partial charge in [0, 0.05) is 62.6 Å². The fraction of sp³-hybridized carbons (Fsp3) is 0.0769. The lowest BCUT2D eigenvalue weighted by Crippen LogP contribution is -2.05. The molecule has 0 spiro atoms. The molecule has 4 heterocycles. The Hall–Kier alpha value is -15.6. The van der Waals surface area contributed by atoms with Crippen LogP contribution in [0.3, 0.4) is 0 Å². The minimum absolute atomic E-state index is 0.109. The third-order valence-corrected chi connectivity index (χ3v) is 24.6. The molecular weight excluding hydrogens is 1700 g/mol. The predicted molar refractivity (Wildman–Crippen MR) is 502 cm³/mol. The summed E-state index contributed by atoms with van der Waals surface area (Å²) < 4.78 is 46.1. The van der Waals surface area contributed by atoms with Gasteiger partial charge in [-0.1, -0.05) is 120 Å². The fourth-order valence-corrected chi connectivity index (χ4v) is 18.0. The van der Waals surface area contributed by atoms with E-state index < -0.39 is 0 Å². The van der Waals surface area contributed by atoms with E-state index in [0.717, 1.165) is 107 Å². The second-order valence-corrected chi connectivity index (χ2v) is 33.3. The number of rotatable bonds is 28. The lowest BCUT2D eigenvalue weighted by atomic mass is 9.98. The van der Waals surface area contributed by atoms with E-state index in [0.29, 0.717) is 114 Å². The largest absolute Gasteiger partial charge is 0.508 e. The van der Waals surface area contributed by atoms with Gasteiger partial charge >= 0.3 is 0 Å². The first-order valence-corrected chi connectivity index (χ1v) is 42.8. The van der Waals surface area contributed by atoms with E-state index in [-0.39, 0.29) is 46.1 Å². The van der Waals surface area contributed by atoms with Crippen molar-refractivity contribution in [3.8, 4) is 69.0 Å². The molecule has 12 aromatic carbocycles. The Labute approximate surface area is 751 Å². The van der Waals surface area contributed by atoms with Gasteiger partial charge in [-0.25, -0.2) is 0 Å². The second-order valence-electron chi connectivity index (χ2n) is 29.1. The summed E-state index contributed by atoms with van der Waals surface area (Å²) in [5.74, 6) is 4.11. The van der Waals surface area contributed by atoms with E-state index in [1.54, 1.807) is 146 Å². The maximum absolute atomic E-state index is 13.6. The van der Waals surface area contributed by atoms with Crippen molar-refractivity contribution in [3.05, 3.63) is 376 Å². The lowest BCUT2D eigenvalue weighted by molar-refractivity contribution is -0.124. The number of aromatic hydroxyl groups is 4. The molecule has 0 unspecified atom stereocenters. The first-order valence-electron chi connectivity index (χ1n) is 39.5. The highest BCUT2D eigenvalue weighted by Gasteiger charge is 2.29. The van der Waals surface area contributed by atoms with Gasteiger partial charge in [-0.2, -0.15) is 0 Å². The molecule has 128 heavy (non-hydrogen) atoms. The van der Waals surface area contributed by atoms with Gasteiger partial charge in [0.1, 0.15) is 65.5 Å². The van der Waals surface area contributed by atoms with Crippen LogP contribution in [0.15, 0.2) is 268 Å². The minimum atomic E-state index is -0.130. The number of aryl methyl sites for hydroxylation is 8. The number of carbonyl (C=O) groups is 8. The van der Waals surface area contributed by atoms with Crippen molar-refractivity contribution in [1.82, 2.24) is 0 Å². The summed E-state index contributed by atoms with van der Waals surface area (Å²) >= 11 is 5.18. The number of phenols is 4. The SMILES string of the molecule is Cc1ccc(C(=O)c2sc3cc(O)ccc3c2Oc2ccc(/C=C/OC=O)cc2)c(C)c1.Cc1ccc(C(=O)c2sc3cc(O)ccc3c2Oc2ccc(/C=C/OC=O)cc2)cc1C.Cc1ccc(C)c(C(=O)c2sc3cc(O)ccc3c2Oc2ccc(/C=C/OC=O)cc2)c1.Cc1cccc(C)c1C(=O)c1sc2cc(O)ccc2c1Oc1ccc(/C=C/OC=O)cc1. The Balaban J connectivity index is 0.000000146. The van der Waals surface area contributed by atoms with E-state index >= 15 is 0 Å². The average Bonchev–Trinajstić information content (AvgIpc) is 1.66. The van der Waals surface area contributed by atoms with Crippen LogP contribution < -0.4 is 18.9 Å². The zero-order valence-corrected chi connectivity index (χ0v) is 73.2. The van der Waals surface area contributed by atoms with Crippen LogP contribution in [0.2, 0.25) is 0 Å². The number of hydrogen-bond acceptors (Lipinski definition) is 24. The van der Waals surface area contributed by atoms with Crippen molar-refractivity contribution in [2.24, 2.45) is 0 Å². The van der Waals surface area contributed by atoms with Crippen molar-refractivity contribution < 1.29 is 96.7 Å². The second kappa shape index (κ2) is 41.7. The van der Waals surface area contributed by atoms with Crippen molar-refractivity contribution >= 4 is 159 Å². The summed E-state index contributed by atoms with van der Waals surface area (Å²) in [6.07, 6.45) is 11.8. The van der Waals surface area contributed by atoms with Gasteiger partial charge in [0.25, 0.3) is 25.9 Å². The highest BCUT2D eigenvalue weighted by molar-refractivity contribution is 7.22. The van der Waals surface area contributed by atoms with Crippen LogP contribution in [0.4, 0.5) is 0 Å². The number of thiophene rings is 4. The van der Waals surface area contributed by atoms with Gasteiger partial charge in [0.15, 0.2) is 23.0 Å². The standard InChI is InChI=1S/4C26H20O5S/c1-16-3-9-21(17(2)13-16)24(29)26-25(22-10-6-19(28)14-23(22)32-26)31-20-7-4-18(5-8-20)11-12-30-15-27;1-16-3-6-19(13-17(16)2)24(29)26-25(22-10-7-20(28)14-23(22)32-26)31-21-8-4-18(5-9-21)11-12-30-15-27;1-16-3-4-17(2)22(13-16)24(29)26-25(21-10-7-19(28)14-23(21)32-26)31-20-8-5-18(6-9-20)11-12-30-15-27;1-16-4-3-5-17(2)23(16)24(29)26-25(21-11-8-19(28)14-22(21)32-26)31-20-9-6-18(7-10-20)12-13-30-15-27/h4*3-15,28H,1-2H3/b3*12-11+;13-12+. The van der Waals surface area contributed by atoms with Crippen LogP contribution in [-0.4, -0.2) is 69.4 Å². The number of hydrogen-bond donors (Lipinski definition) is 4. The highest BCUT2D eigenvalue weighted by Crippen LogP contribution is 2.48. The van der Waals surface area contributed by atoms with E-state index in [4.69, 9.17) is 18.9 Å². The van der Waals surface area contributed by atoms with Crippen molar-refractivity contribution in [2.45, 2.75) is 55.4 Å². The molecule has 0 saturated heterocycles. The molecule has 24 heteroatoms. The Morgan fingerprint density at radius 2 is 0.586 bits per heavy atom. The number of phenolic OH excluding ortho intramolecular Hbond substituents is 4. The van der Waals surface area contributed by atoms with E-state index in [1.807, 2.05) is 177 Å². The molecular formula is C104H80O20S4. The number of ketones is 4. The summed E-state index contributed by atoms with van der Waals surface area (Å²) in [5.41, 5.74) is 13.6. The molecule has 16 aromatic rings. The number of benzene rings is 12. The fourth-order valence-electron chi connectivity index (χ4n) is 13.5. The van der Waals surface area contributed by atoms with Crippen LogP contribution in [0, 0.1) is 55.4 Å². The Morgan fingerprint density at radius 1 is 0.273 bits per heavy atom. The molecule has 16 rings (SSSR count). The topological polar surface area (TPSA) is 291 Å². The molecule has 0 fully saturated rings. The highest BCUT2D eigenvalue weighted by atomic mass is 32.1. The van der Waals surface area contributed by atoms with E-state index in [2.05, 4.69) is 18.9 Å². The molecule has 640 valence electrons. The minimum Gasteiger partial charge on any atom is -0.508 e. The third-order valence-electron chi connectivity index (χ3n) is 20.1. The molecule has 20 nitrogen and oxygen atoms in total. The number of ether oxygens (including phenoxy) is 8. The lowest BCUT2D eigenvalue weighted by Gasteiger charge is -2.11. The van der Waals surface area contributed by atoms with Gasteiger partial charge in [0.2, 0.25) is 23.1 Å². The first kappa shape index (κ1) is 90.1. The number of fused-ring (bicyclic) bond motifs is 4. The zero-order chi connectivity index (χ0) is 90.7. The third kappa shape index (κ3) is 21.9. The Bertz CT molecular complexity index is 6980. The molecule has 0 saturated carbocycles. The smallest absolute Gasteiger partial charge is 0.297 e. The Kier molecular flexibility index (Phi) is 29.4. The quantitative estimate of drug-likeness (QED) is 0.0153. The van der Waals surface area contributed by atoms with Crippen LogP contribution in [-0.2, 0) is 38.1 Å². The maximum atomic E-state index is 13.6. The van der Waals surface area contributed by atoms with Crippen molar-refractivity contribution in [1.29, 1.82) is 0 Å². The van der Waals surface area contributed by atoms with E-state index in [1.165, 1.54) is 70.4 Å². The summed E-state index contributed by atoms with van der Waals surface area (Å²) in [7, 11) is 0. The van der Waals surface area contributed by atoms with Gasteiger partial charge in [-0.3, -0.25) is 38.4 Å². The van der Waals surface area contributed by atoms with Gasteiger partial charge in [0.05, 0.1) is 25.0 Å². The van der Waals surface area contributed by atoms with Crippen LogP contribution in [0.5, 0.6) is 69.0 Å². The summed E-state index contributed by atoms with van der Waals surface area (Å²) in [6.45, 7) is 17.0. The monoisotopic (exact) mass is 1780 g/mol. The van der Waals surface area contributed by atoms with Crippen LogP contribution in [0.1, 0.15) is 128 Å². The molecule has 4 N–H and O–H groups in total. The maximum Gasteiger partial charge on any atom is 0.297 e. The van der Waals surface area contributed by atoms with Crippen molar-refractivity contribution in [3.63, 3.8) is 0 Å². The van der Waals surface area contributed by atoms with E-state index in [9.17, 15) is 58.8 Å². The molecule has 0 atom stereocenters. The molecule has 0 aliphatic rings. The molecule has 0 radical (unpaired) electrons. The molecule has 4 aromatic heterocycles. The average molecular weight is 1780 g/mol. The number of carbonyl (C=O) groups excluding carboxylic acids is 8. The van der Waals surface area contributed by atoms with Gasteiger partial charge in [-0.15, -0.1) is 45.3 Å². The van der Waals surface area contributed by atoms with Gasteiger partial charge < -0.3 is 58.3 Å². The van der Waals surface area contributed by atoms with Crippen LogP contribution in [0.25, 0.3) is 64.6 Å². The van der Waals surface area contributed by atoms with Gasteiger partial charge in [-0.05, 0) is 269 Å². The van der Waals surface area contributed by atoms with Crippen molar-refractivity contribution in [2.75, 3.05) is 0 Å². The molecule has 0 amide bonds. The summed E-state index contributed by atoms with van der Waals surface area (Å²) in [4.78, 5) is 96.8. The predicted octanol–water partition coefficient (Wildman–Crippen LogP) is 25.6. The molecule has 0 bridgehead atoms. The first-order chi connectivity index (χ1) is 61.8. The Morgan fingerprint density at radius 3 is 0.922 bits per heavy atom. The molecule has 0 aliphatic heterocycles. The summed E-state index contributed by atoms with van der Waals surface area (Å²) in [5, 5.41) is 42.7. The zero-order valence-electron chi connectivity index (χ0n) is 70.0.